The Kier molecular flexibility index (Phi) is 5.81. The molecule has 0 spiro atoms. The Bertz CT molecular complexity index is 1090. The summed E-state index contributed by atoms with van der Waals surface area (Å²) in [7, 11) is 0. The van der Waals surface area contributed by atoms with Gasteiger partial charge in [0.2, 0.25) is 0 Å². The van der Waals surface area contributed by atoms with Crippen LogP contribution in [0, 0.1) is 0 Å². The monoisotopic (exact) mass is 470 g/mol. The van der Waals surface area contributed by atoms with Crippen molar-refractivity contribution in [3.05, 3.63) is 58.8 Å². The van der Waals surface area contributed by atoms with Crippen molar-refractivity contribution in [2.24, 2.45) is 0 Å². The van der Waals surface area contributed by atoms with Gasteiger partial charge in [0.05, 0.1) is 16.7 Å². The van der Waals surface area contributed by atoms with Crippen molar-refractivity contribution < 1.29 is 18.7 Å². The minimum absolute atomic E-state index is 0.0788. The molecule has 0 saturated carbocycles. The molecule has 1 aromatic heterocycles. The van der Waals surface area contributed by atoms with E-state index in [9.17, 15) is 9.59 Å². The molecule has 1 unspecified atom stereocenters. The first-order valence-corrected chi connectivity index (χ1v) is 10.9. The Morgan fingerprint density at radius 2 is 1.93 bits per heavy atom. The summed E-state index contributed by atoms with van der Waals surface area (Å²) < 4.78 is 12.6. The van der Waals surface area contributed by atoms with E-state index in [-0.39, 0.29) is 30.2 Å². The second kappa shape index (κ2) is 8.52. The molecule has 0 bridgehead atoms. The highest BCUT2D eigenvalue weighted by Crippen LogP contribution is 2.35. The van der Waals surface area contributed by atoms with Crippen LogP contribution < -0.4 is 15.0 Å². The van der Waals surface area contributed by atoms with Gasteiger partial charge in [-0.05, 0) is 53.0 Å². The summed E-state index contributed by atoms with van der Waals surface area (Å²) in [6, 6.07) is 14.7. The number of carbonyl (C=O) groups excluding carboxylic acids is 2. The highest BCUT2D eigenvalue weighted by molar-refractivity contribution is 9.10. The Hall–Kier alpha value is -2.80. The van der Waals surface area contributed by atoms with Crippen molar-refractivity contribution in [3.8, 4) is 5.75 Å². The average molecular weight is 471 g/mol. The molecule has 156 valence electrons. The van der Waals surface area contributed by atoms with Crippen LogP contribution in [0.5, 0.6) is 5.75 Å². The number of hydrogen-bond acceptors (Lipinski definition) is 4. The van der Waals surface area contributed by atoms with Gasteiger partial charge in [0.25, 0.3) is 11.8 Å². The van der Waals surface area contributed by atoms with E-state index in [1.54, 1.807) is 23.1 Å². The van der Waals surface area contributed by atoms with Crippen LogP contribution in [0.15, 0.2) is 57.4 Å². The largest absolute Gasteiger partial charge is 0.477 e. The second-order valence-electron chi connectivity index (χ2n) is 7.28. The van der Waals surface area contributed by atoms with Gasteiger partial charge in [-0.15, -0.1) is 0 Å². The Balaban J connectivity index is 1.66. The lowest BCUT2D eigenvalue weighted by molar-refractivity contribution is -0.128. The van der Waals surface area contributed by atoms with Crippen LogP contribution in [0.25, 0.3) is 11.0 Å². The number of anilines is 1. The quantitative estimate of drug-likeness (QED) is 0.574. The second-order valence-corrected chi connectivity index (χ2v) is 8.14. The van der Waals surface area contributed by atoms with E-state index in [0.717, 1.165) is 22.7 Å². The zero-order chi connectivity index (χ0) is 21.3. The van der Waals surface area contributed by atoms with Crippen molar-refractivity contribution in [2.45, 2.75) is 38.8 Å². The van der Waals surface area contributed by atoms with E-state index in [0.29, 0.717) is 17.0 Å². The Morgan fingerprint density at radius 3 is 2.67 bits per heavy atom. The number of rotatable bonds is 5. The highest BCUT2D eigenvalue weighted by atomic mass is 79.9. The number of amides is 2. The lowest BCUT2D eigenvalue weighted by Crippen LogP contribution is -2.52. The molecule has 0 aliphatic carbocycles. The maximum atomic E-state index is 13.4. The van der Waals surface area contributed by atoms with Crippen molar-refractivity contribution in [1.29, 1.82) is 0 Å². The molecule has 4 rings (SSSR count). The van der Waals surface area contributed by atoms with Crippen molar-refractivity contribution in [2.75, 3.05) is 11.4 Å². The maximum absolute atomic E-state index is 13.4. The predicted molar refractivity (Wildman–Crippen MR) is 119 cm³/mol. The highest BCUT2D eigenvalue weighted by Gasteiger charge is 2.35. The smallest absolute Gasteiger partial charge is 0.294 e. The number of carbonyl (C=O) groups is 2. The van der Waals surface area contributed by atoms with Gasteiger partial charge in [0.1, 0.15) is 11.3 Å². The molecule has 0 saturated heterocycles. The van der Waals surface area contributed by atoms with E-state index in [4.69, 9.17) is 9.15 Å². The Morgan fingerprint density at radius 1 is 1.17 bits per heavy atom. The molecular formula is C23H23BrN2O4. The molecule has 6 nitrogen and oxygen atoms in total. The van der Waals surface area contributed by atoms with Crippen LogP contribution in [0.3, 0.4) is 0 Å². The van der Waals surface area contributed by atoms with Crippen LogP contribution >= 0.6 is 15.9 Å². The summed E-state index contributed by atoms with van der Waals surface area (Å²) >= 11 is 3.45. The SMILES string of the molecule is CCC(CC)NC(=O)C1CN(C(=O)c2cc3cccc(Br)c3o2)c2ccccc2O1. The molecule has 2 heterocycles. The number of ether oxygens (including phenoxy) is 1. The van der Waals surface area contributed by atoms with Crippen molar-refractivity contribution in [3.63, 3.8) is 0 Å². The molecule has 30 heavy (non-hydrogen) atoms. The van der Waals surface area contributed by atoms with Crippen LogP contribution in [0.2, 0.25) is 0 Å². The van der Waals surface area contributed by atoms with Gasteiger partial charge >= 0.3 is 0 Å². The van der Waals surface area contributed by atoms with E-state index in [1.807, 2.05) is 44.2 Å². The molecule has 0 radical (unpaired) electrons. The summed E-state index contributed by atoms with van der Waals surface area (Å²) in [5.41, 5.74) is 1.24. The van der Waals surface area contributed by atoms with E-state index in [2.05, 4.69) is 21.2 Å². The number of benzene rings is 2. The zero-order valence-corrected chi connectivity index (χ0v) is 18.4. The molecule has 7 heteroatoms. The third kappa shape index (κ3) is 3.81. The van der Waals surface area contributed by atoms with Gasteiger partial charge in [-0.1, -0.05) is 38.1 Å². The standard InChI is InChI=1S/C23H23BrN2O4/c1-3-15(4-2)25-22(27)20-13-26(17-10-5-6-11-18(17)29-20)23(28)19-12-14-8-7-9-16(24)21(14)30-19/h5-12,15,20H,3-4,13H2,1-2H3,(H,25,27). The maximum Gasteiger partial charge on any atom is 0.294 e. The number of fused-ring (bicyclic) bond motifs is 2. The molecule has 1 aliphatic heterocycles. The van der Waals surface area contributed by atoms with Gasteiger partial charge in [-0.3, -0.25) is 14.5 Å². The summed E-state index contributed by atoms with van der Waals surface area (Å²) in [4.78, 5) is 27.8. The molecule has 0 fully saturated rings. The average Bonchev–Trinajstić information content (AvgIpc) is 3.22. The van der Waals surface area contributed by atoms with Gasteiger partial charge in [-0.2, -0.15) is 0 Å². The summed E-state index contributed by atoms with van der Waals surface area (Å²) in [5, 5.41) is 3.84. The third-order valence-corrected chi connectivity index (χ3v) is 5.97. The molecule has 1 aliphatic rings. The first-order chi connectivity index (χ1) is 14.5. The minimum Gasteiger partial charge on any atom is -0.477 e. The molecule has 2 aromatic carbocycles. The molecule has 1 N–H and O–H groups in total. The Labute approximate surface area is 183 Å². The fraction of sp³-hybridized carbons (Fsp3) is 0.304. The number of furan rings is 1. The van der Waals surface area contributed by atoms with Crippen molar-refractivity contribution in [1.82, 2.24) is 5.32 Å². The molecule has 1 atom stereocenters. The predicted octanol–water partition coefficient (Wildman–Crippen LogP) is 4.91. The molecular weight excluding hydrogens is 448 g/mol. The fourth-order valence-electron chi connectivity index (χ4n) is 3.62. The topological polar surface area (TPSA) is 71.8 Å². The van der Waals surface area contributed by atoms with Crippen LogP contribution in [0.1, 0.15) is 37.2 Å². The summed E-state index contributed by atoms with van der Waals surface area (Å²) in [5.74, 6) is 0.185. The third-order valence-electron chi connectivity index (χ3n) is 5.35. The lowest BCUT2D eigenvalue weighted by atomic mass is 10.1. The summed E-state index contributed by atoms with van der Waals surface area (Å²) in [6.45, 7) is 4.17. The lowest BCUT2D eigenvalue weighted by Gasteiger charge is -2.34. The van der Waals surface area contributed by atoms with Crippen LogP contribution in [-0.2, 0) is 4.79 Å². The molecule has 3 aromatic rings. The summed E-state index contributed by atoms with van der Waals surface area (Å²) in [6.07, 6.45) is 0.880. The van der Waals surface area contributed by atoms with Crippen LogP contribution in [-0.4, -0.2) is 30.5 Å². The van der Waals surface area contributed by atoms with Crippen LogP contribution in [0.4, 0.5) is 5.69 Å². The number of nitrogens with zero attached hydrogens (tertiary/aromatic N) is 1. The van der Waals surface area contributed by atoms with Gasteiger partial charge < -0.3 is 14.5 Å². The number of hydrogen-bond donors (Lipinski definition) is 1. The van der Waals surface area contributed by atoms with Gasteiger partial charge in [0.15, 0.2) is 11.9 Å². The van der Waals surface area contributed by atoms with Gasteiger partial charge in [0, 0.05) is 11.4 Å². The van der Waals surface area contributed by atoms with E-state index >= 15 is 0 Å². The van der Waals surface area contributed by atoms with Crippen molar-refractivity contribution >= 4 is 44.4 Å². The van der Waals surface area contributed by atoms with E-state index in [1.165, 1.54) is 0 Å². The normalized spacial score (nSPS) is 15.7. The van der Waals surface area contributed by atoms with Gasteiger partial charge in [-0.25, -0.2) is 0 Å². The number of nitrogens with one attached hydrogen (secondary N) is 1. The first-order valence-electron chi connectivity index (χ1n) is 10.1. The number of halogens is 1. The van der Waals surface area contributed by atoms with E-state index < -0.39 is 6.10 Å². The fourth-order valence-corrected chi connectivity index (χ4v) is 4.08. The minimum atomic E-state index is -0.791. The zero-order valence-electron chi connectivity index (χ0n) is 16.9. The number of para-hydroxylation sites is 3. The molecule has 2 amide bonds. The first kappa shape index (κ1) is 20.5.